The fourth-order valence-corrected chi connectivity index (χ4v) is 4.25. The van der Waals surface area contributed by atoms with Crippen LogP contribution in [0.3, 0.4) is 0 Å². The second-order valence-electron chi connectivity index (χ2n) is 8.27. The van der Waals surface area contributed by atoms with Crippen LogP contribution >= 0.6 is 0 Å². The summed E-state index contributed by atoms with van der Waals surface area (Å²) < 4.78 is 17.7. The predicted molar refractivity (Wildman–Crippen MR) is 125 cm³/mol. The molecule has 0 radical (unpaired) electrons. The third-order valence-electron chi connectivity index (χ3n) is 5.82. The van der Waals surface area contributed by atoms with Crippen molar-refractivity contribution in [2.45, 2.75) is 26.5 Å². The van der Waals surface area contributed by atoms with Gasteiger partial charge in [0.05, 0.1) is 18.8 Å². The number of hydrogen-bond donors (Lipinski definition) is 0. The van der Waals surface area contributed by atoms with Gasteiger partial charge in [-0.05, 0) is 33.0 Å². The van der Waals surface area contributed by atoms with Crippen LogP contribution in [0, 0.1) is 6.92 Å². The van der Waals surface area contributed by atoms with Crippen LogP contribution in [0.5, 0.6) is 5.75 Å². The number of rotatable bonds is 7. The van der Waals surface area contributed by atoms with Crippen molar-refractivity contribution in [3.8, 4) is 28.5 Å². The van der Waals surface area contributed by atoms with Crippen LogP contribution in [-0.2, 0) is 6.54 Å². The van der Waals surface area contributed by atoms with Gasteiger partial charge < -0.3 is 18.6 Å². The maximum absolute atomic E-state index is 6.25. The van der Waals surface area contributed by atoms with E-state index in [1.165, 1.54) is 0 Å². The first-order chi connectivity index (χ1) is 16.1. The quantitative estimate of drug-likeness (QED) is 0.414. The Morgan fingerprint density at radius 1 is 1.06 bits per heavy atom. The zero-order valence-corrected chi connectivity index (χ0v) is 19.1. The zero-order chi connectivity index (χ0) is 22.8. The first kappa shape index (κ1) is 21.2. The molecule has 1 aliphatic rings. The highest BCUT2D eigenvalue weighted by Gasteiger charge is 2.26. The molecule has 4 aromatic rings. The van der Waals surface area contributed by atoms with Crippen LogP contribution in [0.25, 0.3) is 22.7 Å². The molecule has 0 bridgehead atoms. The Balaban J connectivity index is 1.28. The summed E-state index contributed by atoms with van der Waals surface area (Å²) in [6, 6.07) is 18.0. The minimum atomic E-state index is 0.0530. The van der Waals surface area contributed by atoms with E-state index in [0.29, 0.717) is 29.8 Å². The van der Waals surface area contributed by atoms with E-state index in [2.05, 4.69) is 38.1 Å². The fourth-order valence-electron chi connectivity index (χ4n) is 4.25. The fraction of sp³-hybridized carbons (Fsp3) is 0.320. The highest BCUT2D eigenvalue weighted by Crippen LogP contribution is 2.34. The van der Waals surface area contributed by atoms with E-state index in [0.717, 1.165) is 42.2 Å². The topological polar surface area (TPSA) is 80.7 Å². The highest BCUT2D eigenvalue weighted by atomic mass is 16.5. The highest BCUT2D eigenvalue weighted by molar-refractivity contribution is 5.77. The summed E-state index contributed by atoms with van der Waals surface area (Å²) in [5.41, 5.74) is 3.52. The first-order valence-electron chi connectivity index (χ1n) is 11.2. The SMILES string of the molecule is CCN1C[C@@H](CN(C)Cc2nnc(-c3c(-c4ccccc4)noc3C)o2)Oc2ccccc21. The molecule has 0 fully saturated rings. The third-order valence-corrected chi connectivity index (χ3v) is 5.82. The van der Waals surface area contributed by atoms with E-state index in [9.17, 15) is 0 Å². The number of nitrogens with zero attached hydrogens (tertiary/aromatic N) is 5. The van der Waals surface area contributed by atoms with Crippen molar-refractivity contribution < 1.29 is 13.7 Å². The normalized spacial score (nSPS) is 15.5. The smallest absolute Gasteiger partial charge is 0.253 e. The number of benzene rings is 2. The minimum absolute atomic E-state index is 0.0530. The van der Waals surface area contributed by atoms with Crippen molar-refractivity contribution in [2.24, 2.45) is 0 Å². The summed E-state index contributed by atoms with van der Waals surface area (Å²) >= 11 is 0. The molecule has 33 heavy (non-hydrogen) atoms. The molecule has 0 N–H and O–H groups in total. The molecule has 5 rings (SSSR count). The number of ether oxygens (including phenoxy) is 1. The maximum atomic E-state index is 6.25. The molecule has 1 aliphatic heterocycles. The summed E-state index contributed by atoms with van der Waals surface area (Å²) in [6.45, 7) is 7.06. The van der Waals surface area contributed by atoms with Crippen LogP contribution in [0.1, 0.15) is 18.6 Å². The van der Waals surface area contributed by atoms with Gasteiger partial charge in [-0.3, -0.25) is 4.90 Å². The van der Waals surface area contributed by atoms with Crippen LogP contribution in [0.4, 0.5) is 5.69 Å². The van der Waals surface area contributed by atoms with Gasteiger partial charge in [0.25, 0.3) is 5.89 Å². The van der Waals surface area contributed by atoms with Gasteiger partial charge in [-0.25, -0.2) is 0 Å². The predicted octanol–water partition coefficient (Wildman–Crippen LogP) is 4.42. The Kier molecular flexibility index (Phi) is 5.83. The average Bonchev–Trinajstić information content (AvgIpc) is 3.44. The Morgan fingerprint density at radius 3 is 2.67 bits per heavy atom. The van der Waals surface area contributed by atoms with Crippen LogP contribution < -0.4 is 9.64 Å². The summed E-state index contributed by atoms with van der Waals surface area (Å²) in [6.07, 6.45) is 0.0530. The van der Waals surface area contributed by atoms with Gasteiger partial charge in [0.1, 0.15) is 28.9 Å². The van der Waals surface area contributed by atoms with E-state index >= 15 is 0 Å². The lowest BCUT2D eigenvalue weighted by molar-refractivity contribution is 0.135. The van der Waals surface area contributed by atoms with Gasteiger partial charge in [-0.1, -0.05) is 47.6 Å². The molecule has 0 amide bonds. The number of likely N-dealkylation sites (N-methyl/N-ethyl adjacent to an activating group) is 2. The van der Waals surface area contributed by atoms with Gasteiger partial charge in [-0.15, -0.1) is 10.2 Å². The number of anilines is 1. The molecule has 0 saturated carbocycles. The standard InChI is InChI=1S/C25H27N5O3/c1-4-30-15-19(31-21-13-9-8-12-20(21)30)14-29(3)16-22-26-27-25(32-22)23-17(2)33-28-24(23)18-10-6-5-7-11-18/h5-13,19H,4,14-16H2,1-3H3/t19-/m1/s1. The Bertz CT molecular complexity index is 1220. The maximum Gasteiger partial charge on any atom is 0.253 e. The van der Waals surface area contributed by atoms with E-state index in [-0.39, 0.29) is 6.10 Å². The Hall–Kier alpha value is -3.65. The van der Waals surface area contributed by atoms with Crippen molar-refractivity contribution in [2.75, 3.05) is 31.6 Å². The Morgan fingerprint density at radius 2 is 1.85 bits per heavy atom. The Labute approximate surface area is 192 Å². The molecular weight excluding hydrogens is 418 g/mol. The molecule has 1 atom stereocenters. The average molecular weight is 446 g/mol. The largest absolute Gasteiger partial charge is 0.485 e. The monoisotopic (exact) mass is 445 g/mol. The second kappa shape index (κ2) is 9.07. The molecule has 170 valence electrons. The van der Waals surface area contributed by atoms with Gasteiger partial charge in [0.15, 0.2) is 0 Å². The summed E-state index contributed by atoms with van der Waals surface area (Å²) in [5.74, 6) is 2.53. The summed E-state index contributed by atoms with van der Waals surface area (Å²) in [5, 5.41) is 12.8. The van der Waals surface area contributed by atoms with E-state index in [1.807, 2.05) is 62.5 Å². The molecule has 3 heterocycles. The van der Waals surface area contributed by atoms with Gasteiger partial charge in [-0.2, -0.15) is 0 Å². The summed E-state index contributed by atoms with van der Waals surface area (Å²) in [4.78, 5) is 4.49. The van der Waals surface area contributed by atoms with Crippen molar-refractivity contribution in [1.82, 2.24) is 20.3 Å². The molecule has 8 nitrogen and oxygen atoms in total. The molecule has 0 saturated heterocycles. The van der Waals surface area contributed by atoms with Gasteiger partial charge in [0, 0.05) is 18.7 Å². The number of hydrogen-bond acceptors (Lipinski definition) is 8. The molecular formula is C25H27N5O3. The van der Waals surface area contributed by atoms with Gasteiger partial charge in [0.2, 0.25) is 5.89 Å². The molecule has 0 spiro atoms. The van der Waals surface area contributed by atoms with E-state index in [1.54, 1.807) is 0 Å². The lowest BCUT2D eigenvalue weighted by Crippen LogP contribution is -2.45. The van der Waals surface area contributed by atoms with Crippen molar-refractivity contribution in [1.29, 1.82) is 0 Å². The van der Waals surface area contributed by atoms with Crippen molar-refractivity contribution >= 4 is 5.69 Å². The van der Waals surface area contributed by atoms with Crippen LogP contribution in [-0.4, -0.2) is 53.0 Å². The van der Waals surface area contributed by atoms with E-state index < -0.39 is 0 Å². The molecule has 8 heteroatoms. The third kappa shape index (κ3) is 4.34. The van der Waals surface area contributed by atoms with Crippen LogP contribution in [0.2, 0.25) is 0 Å². The number of aryl methyl sites for hydroxylation is 1. The molecule has 2 aromatic carbocycles. The number of para-hydroxylation sites is 2. The number of fused-ring (bicyclic) bond motifs is 1. The minimum Gasteiger partial charge on any atom is -0.485 e. The first-order valence-corrected chi connectivity index (χ1v) is 11.2. The molecule has 2 aromatic heterocycles. The second-order valence-corrected chi connectivity index (χ2v) is 8.27. The molecule has 0 aliphatic carbocycles. The zero-order valence-electron chi connectivity index (χ0n) is 19.1. The van der Waals surface area contributed by atoms with Crippen molar-refractivity contribution in [3.63, 3.8) is 0 Å². The van der Waals surface area contributed by atoms with Crippen molar-refractivity contribution in [3.05, 3.63) is 66.2 Å². The molecule has 0 unspecified atom stereocenters. The van der Waals surface area contributed by atoms with Gasteiger partial charge >= 0.3 is 0 Å². The lowest BCUT2D eigenvalue weighted by Gasteiger charge is -2.37. The van der Waals surface area contributed by atoms with Crippen LogP contribution in [0.15, 0.2) is 63.5 Å². The lowest BCUT2D eigenvalue weighted by atomic mass is 10.1. The van der Waals surface area contributed by atoms with E-state index in [4.69, 9.17) is 13.7 Å². The number of aromatic nitrogens is 3. The summed E-state index contributed by atoms with van der Waals surface area (Å²) in [7, 11) is 2.03.